The van der Waals surface area contributed by atoms with Gasteiger partial charge in [-0.3, -0.25) is 19.3 Å². The molecule has 1 N–H and O–H groups in total. The minimum Gasteiger partial charge on any atom is -0.475 e. The highest BCUT2D eigenvalue weighted by molar-refractivity contribution is 5.96. The van der Waals surface area contributed by atoms with E-state index in [1.54, 1.807) is 23.2 Å². The van der Waals surface area contributed by atoms with Gasteiger partial charge in [-0.05, 0) is 23.5 Å². The standard InChI is InChI=1S/C27H41N5O5/c1-18(2)12-30-14-21-22(15-30)36-17-24(34)32-10-9-31(23(33)11-27(3,4)5)13-19(32)16-37-26-20(25(35)29-21)7-6-8-28-26/h6-8,18-19,21-22H,9-17H2,1-5H3,(H,29,35)/t19-,21+,22-/m0/s1. The van der Waals surface area contributed by atoms with Crippen LogP contribution in [0.25, 0.3) is 0 Å². The molecule has 37 heavy (non-hydrogen) atoms. The summed E-state index contributed by atoms with van der Waals surface area (Å²) in [4.78, 5) is 49.7. The highest BCUT2D eigenvalue weighted by Crippen LogP contribution is 2.24. The van der Waals surface area contributed by atoms with Crippen molar-refractivity contribution in [1.29, 1.82) is 0 Å². The molecule has 4 rings (SSSR count). The summed E-state index contributed by atoms with van der Waals surface area (Å²) in [6.45, 7) is 13.9. The van der Waals surface area contributed by atoms with E-state index in [9.17, 15) is 14.4 Å². The van der Waals surface area contributed by atoms with E-state index in [0.717, 1.165) is 6.54 Å². The first-order chi connectivity index (χ1) is 17.5. The van der Waals surface area contributed by atoms with Gasteiger partial charge < -0.3 is 24.6 Å². The van der Waals surface area contributed by atoms with Gasteiger partial charge >= 0.3 is 0 Å². The van der Waals surface area contributed by atoms with Crippen molar-refractivity contribution in [3.05, 3.63) is 23.9 Å². The normalized spacial score (nSPS) is 25.7. The van der Waals surface area contributed by atoms with Gasteiger partial charge in [-0.2, -0.15) is 0 Å². The predicted octanol–water partition coefficient (Wildman–Crippen LogP) is 1.40. The minimum atomic E-state index is -0.371. The molecule has 3 amide bonds. The molecule has 4 heterocycles. The van der Waals surface area contributed by atoms with Crippen LogP contribution < -0.4 is 10.1 Å². The van der Waals surface area contributed by atoms with E-state index in [0.29, 0.717) is 50.6 Å². The van der Waals surface area contributed by atoms with E-state index in [1.807, 2.05) is 25.7 Å². The van der Waals surface area contributed by atoms with Crippen molar-refractivity contribution in [2.45, 2.75) is 59.2 Å². The highest BCUT2D eigenvalue weighted by atomic mass is 16.5. The summed E-state index contributed by atoms with van der Waals surface area (Å²) in [5, 5.41) is 3.09. The fourth-order valence-electron chi connectivity index (χ4n) is 5.30. The van der Waals surface area contributed by atoms with E-state index < -0.39 is 0 Å². The number of nitrogens with zero attached hydrogens (tertiary/aromatic N) is 4. The maximum absolute atomic E-state index is 13.3. The fourth-order valence-corrected chi connectivity index (χ4v) is 5.30. The first-order valence-electron chi connectivity index (χ1n) is 13.3. The van der Waals surface area contributed by atoms with E-state index in [1.165, 1.54) is 0 Å². The molecule has 0 radical (unpaired) electrons. The van der Waals surface area contributed by atoms with Crippen molar-refractivity contribution >= 4 is 17.7 Å². The van der Waals surface area contributed by atoms with Gasteiger partial charge in [0.1, 0.15) is 18.8 Å². The maximum Gasteiger partial charge on any atom is 0.257 e. The van der Waals surface area contributed by atoms with Crippen LogP contribution in [-0.2, 0) is 14.3 Å². The Morgan fingerprint density at radius 3 is 2.70 bits per heavy atom. The Labute approximate surface area is 219 Å². The number of amides is 3. The van der Waals surface area contributed by atoms with Crippen LogP contribution in [0.4, 0.5) is 0 Å². The van der Waals surface area contributed by atoms with Crippen molar-refractivity contribution in [3.63, 3.8) is 0 Å². The number of ether oxygens (including phenoxy) is 2. The Morgan fingerprint density at radius 2 is 1.97 bits per heavy atom. The lowest BCUT2D eigenvalue weighted by atomic mass is 9.91. The third-order valence-electron chi connectivity index (χ3n) is 6.97. The zero-order valence-corrected chi connectivity index (χ0v) is 22.7. The highest BCUT2D eigenvalue weighted by Gasteiger charge is 2.38. The number of piperazine rings is 1. The van der Waals surface area contributed by atoms with E-state index in [2.05, 4.69) is 29.0 Å². The van der Waals surface area contributed by atoms with Crippen LogP contribution >= 0.6 is 0 Å². The van der Waals surface area contributed by atoms with Crippen molar-refractivity contribution in [3.8, 4) is 5.88 Å². The molecule has 0 aliphatic carbocycles. The van der Waals surface area contributed by atoms with Crippen LogP contribution in [0, 0.1) is 11.3 Å². The lowest BCUT2D eigenvalue weighted by molar-refractivity contribution is -0.149. The van der Waals surface area contributed by atoms with Gasteiger partial charge in [0.25, 0.3) is 5.91 Å². The van der Waals surface area contributed by atoms with Crippen LogP contribution in [0.1, 0.15) is 51.4 Å². The number of nitrogens with one attached hydrogen (secondary N) is 1. The lowest BCUT2D eigenvalue weighted by Gasteiger charge is -2.42. The zero-order chi connectivity index (χ0) is 26.7. The molecule has 3 atom stereocenters. The smallest absolute Gasteiger partial charge is 0.257 e. The third-order valence-corrected chi connectivity index (χ3v) is 6.97. The predicted molar refractivity (Wildman–Crippen MR) is 138 cm³/mol. The second-order valence-electron chi connectivity index (χ2n) is 12.0. The van der Waals surface area contributed by atoms with Crippen LogP contribution in [0.3, 0.4) is 0 Å². The number of fused-ring (bicyclic) bond motifs is 3. The maximum atomic E-state index is 13.3. The largest absolute Gasteiger partial charge is 0.475 e. The summed E-state index contributed by atoms with van der Waals surface area (Å²) in [7, 11) is 0. The molecule has 0 aromatic carbocycles. The summed E-state index contributed by atoms with van der Waals surface area (Å²) in [5.41, 5.74) is 0.216. The molecule has 1 aromatic heterocycles. The average Bonchev–Trinajstić information content (AvgIpc) is 3.19. The van der Waals surface area contributed by atoms with Gasteiger partial charge in [-0.25, -0.2) is 4.98 Å². The number of carbonyl (C=O) groups excluding carboxylic acids is 3. The number of hydrogen-bond acceptors (Lipinski definition) is 7. The molecule has 1 aromatic rings. The molecular formula is C27H41N5O5. The number of rotatable bonds is 3. The molecule has 10 heteroatoms. The summed E-state index contributed by atoms with van der Waals surface area (Å²) >= 11 is 0. The molecular weight excluding hydrogens is 474 g/mol. The molecule has 10 nitrogen and oxygen atoms in total. The summed E-state index contributed by atoms with van der Waals surface area (Å²) < 4.78 is 12.2. The molecule has 0 bridgehead atoms. The molecule has 2 fully saturated rings. The number of aromatic nitrogens is 1. The Balaban J connectivity index is 1.57. The van der Waals surface area contributed by atoms with Crippen LogP contribution in [-0.4, -0.2) is 108 Å². The van der Waals surface area contributed by atoms with Crippen molar-refractivity contribution in [2.75, 3.05) is 52.5 Å². The van der Waals surface area contributed by atoms with Crippen LogP contribution in [0.5, 0.6) is 5.88 Å². The Kier molecular flexibility index (Phi) is 8.38. The Bertz CT molecular complexity index is 994. The lowest BCUT2D eigenvalue weighted by Crippen LogP contribution is -2.59. The number of likely N-dealkylation sites (tertiary alicyclic amines) is 1. The Hall–Kier alpha value is -2.72. The summed E-state index contributed by atoms with van der Waals surface area (Å²) in [6.07, 6.45) is 1.71. The van der Waals surface area contributed by atoms with Gasteiger partial charge in [0.15, 0.2) is 0 Å². The molecule has 3 aliphatic rings. The molecule has 3 aliphatic heterocycles. The Morgan fingerprint density at radius 1 is 1.19 bits per heavy atom. The van der Waals surface area contributed by atoms with Crippen LogP contribution in [0.15, 0.2) is 18.3 Å². The molecule has 0 saturated carbocycles. The molecule has 0 unspecified atom stereocenters. The van der Waals surface area contributed by atoms with E-state index >= 15 is 0 Å². The molecule has 2 saturated heterocycles. The van der Waals surface area contributed by atoms with Crippen LogP contribution in [0.2, 0.25) is 0 Å². The fraction of sp³-hybridized carbons (Fsp3) is 0.704. The van der Waals surface area contributed by atoms with Gasteiger partial charge in [-0.15, -0.1) is 0 Å². The van der Waals surface area contributed by atoms with Gasteiger partial charge in [0.2, 0.25) is 17.7 Å². The topological polar surface area (TPSA) is 104 Å². The quantitative estimate of drug-likeness (QED) is 0.649. The summed E-state index contributed by atoms with van der Waals surface area (Å²) in [6, 6.07) is 2.77. The number of carbonyl (C=O) groups is 3. The first-order valence-corrected chi connectivity index (χ1v) is 13.3. The zero-order valence-electron chi connectivity index (χ0n) is 22.7. The minimum absolute atomic E-state index is 0.0655. The van der Waals surface area contributed by atoms with Crippen molar-refractivity contribution in [2.24, 2.45) is 11.3 Å². The first kappa shape index (κ1) is 27.3. The number of pyridine rings is 1. The van der Waals surface area contributed by atoms with E-state index in [4.69, 9.17) is 9.47 Å². The monoisotopic (exact) mass is 515 g/mol. The second-order valence-corrected chi connectivity index (χ2v) is 12.0. The van der Waals surface area contributed by atoms with E-state index in [-0.39, 0.29) is 60.4 Å². The SMILES string of the molecule is CC(C)CN1C[C@@H]2OCC(=O)N3CCN(C(=O)CC(C)(C)C)C[C@H]3COc3ncccc3C(=O)N[C@@H]2C1. The average molecular weight is 516 g/mol. The van der Waals surface area contributed by atoms with Gasteiger partial charge in [0, 0.05) is 51.9 Å². The second kappa shape index (κ2) is 11.3. The van der Waals surface area contributed by atoms with Gasteiger partial charge in [-0.1, -0.05) is 34.6 Å². The van der Waals surface area contributed by atoms with Crippen molar-refractivity contribution in [1.82, 2.24) is 25.0 Å². The summed E-state index contributed by atoms with van der Waals surface area (Å²) in [5.74, 6) is 0.347. The molecule has 0 spiro atoms. The van der Waals surface area contributed by atoms with Gasteiger partial charge in [0.05, 0.1) is 18.2 Å². The number of hydrogen-bond donors (Lipinski definition) is 1. The third kappa shape index (κ3) is 6.98. The molecule has 204 valence electrons. The van der Waals surface area contributed by atoms with Crippen molar-refractivity contribution < 1.29 is 23.9 Å².